The van der Waals surface area contributed by atoms with Gasteiger partial charge in [0.05, 0.1) is 6.61 Å². The second-order valence-electron chi connectivity index (χ2n) is 4.32. The Labute approximate surface area is 99.8 Å². The van der Waals surface area contributed by atoms with Crippen molar-refractivity contribution < 1.29 is 14.9 Å². The molecule has 0 amide bonds. The number of ether oxygens (including phenoxy) is 1. The molecule has 0 aromatic heterocycles. The highest BCUT2D eigenvalue weighted by Gasteiger charge is 2.05. The maximum Gasteiger partial charge on any atom is 0.111 e. The Morgan fingerprint density at radius 1 is 1.00 bits per heavy atom. The molecular weight excluding hydrogens is 204 g/mol. The Morgan fingerprint density at radius 3 is 2.06 bits per heavy atom. The van der Waals surface area contributed by atoms with Gasteiger partial charge in [0.25, 0.3) is 0 Å². The Morgan fingerprint density at radius 2 is 1.56 bits per heavy atom. The van der Waals surface area contributed by atoms with E-state index < -0.39 is 6.10 Å². The van der Waals surface area contributed by atoms with Gasteiger partial charge in [0.2, 0.25) is 0 Å². The van der Waals surface area contributed by atoms with Crippen molar-refractivity contribution in [1.29, 1.82) is 0 Å². The molecule has 0 saturated heterocycles. The Bertz CT molecular complexity index is 124. The van der Waals surface area contributed by atoms with Gasteiger partial charge in [-0.05, 0) is 6.42 Å². The minimum Gasteiger partial charge on any atom is -0.394 e. The molecule has 97 valence electrons. The molecule has 0 bridgehead atoms. The number of hydrogen-bond acceptors (Lipinski definition) is 2. The zero-order valence-electron chi connectivity index (χ0n) is 10.6. The topological polar surface area (TPSA) is 49.4 Å². The van der Waals surface area contributed by atoms with E-state index in [1.165, 1.54) is 44.9 Å². The number of aliphatic hydroxyl groups is 1. The van der Waals surface area contributed by atoms with Gasteiger partial charge in [0, 0.05) is 6.61 Å². The fourth-order valence-electron chi connectivity index (χ4n) is 1.64. The monoisotopic (exact) mass is 231 g/mol. The fourth-order valence-corrected chi connectivity index (χ4v) is 1.64. The average molecular weight is 231 g/mol. The van der Waals surface area contributed by atoms with Crippen LogP contribution in [0.25, 0.3) is 0 Å². The van der Waals surface area contributed by atoms with Crippen LogP contribution in [0.4, 0.5) is 0 Å². The molecule has 3 heteroatoms. The molecule has 0 fully saturated rings. The fraction of sp³-hybridized carbons (Fsp3) is 1.00. The lowest BCUT2D eigenvalue weighted by Gasteiger charge is -2.11. The summed E-state index contributed by atoms with van der Waals surface area (Å²) in [7, 11) is 0. The minimum atomic E-state index is -0.496. The first-order chi connectivity index (χ1) is 7.85. The number of aliphatic hydroxyl groups excluding tert-OH is 1. The summed E-state index contributed by atoms with van der Waals surface area (Å²) in [4.78, 5) is 0. The standard InChI is InChI=1S/C13H27O3/c1-2-3-4-5-6-7-8-9-10-16-13(11-14)12-15/h13-14H,2-12H2,1H3. The maximum atomic E-state index is 10.4. The highest BCUT2D eigenvalue weighted by Crippen LogP contribution is 2.08. The summed E-state index contributed by atoms with van der Waals surface area (Å²) in [6.07, 6.45) is 9.59. The molecule has 0 heterocycles. The summed E-state index contributed by atoms with van der Waals surface area (Å²) in [6.45, 7) is 2.35. The second kappa shape index (κ2) is 12.9. The van der Waals surface area contributed by atoms with Gasteiger partial charge in [-0.15, -0.1) is 0 Å². The van der Waals surface area contributed by atoms with Crippen LogP contribution in [0.1, 0.15) is 58.3 Å². The first-order valence-corrected chi connectivity index (χ1v) is 6.65. The normalized spacial score (nSPS) is 11.2. The molecule has 0 spiro atoms. The van der Waals surface area contributed by atoms with Crippen molar-refractivity contribution in [2.75, 3.05) is 19.8 Å². The van der Waals surface area contributed by atoms with Crippen molar-refractivity contribution in [3.63, 3.8) is 0 Å². The summed E-state index contributed by atoms with van der Waals surface area (Å²) >= 11 is 0. The number of rotatable bonds is 12. The summed E-state index contributed by atoms with van der Waals surface area (Å²) in [5, 5.41) is 19.2. The van der Waals surface area contributed by atoms with Crippen LogP contribution in [0.15, 0.2) is 0 Å². The molecule has 0 aliphatic heterocycles. The van der Waals surface area contributed by atoms with Gasteiger partial charge in [-0.25, -0.2) is 5.11 Å². The first kappa shape index (κ1) is 15.9. The Hall–Kier alpha value is -0.120. The van der Waals surface area contributed by atoms with Crippen LogP contribution >= 0.6 is 0 Å². The third kappa shape index (κ3) is 10.4. The van der Waals surface area contributed by atoms with Crippen molar-refractivity contribution in [1.82, 2.24) is 0 Å². The summed E-state index contributed by atoms with van der Waals surface area (Å²) < 4.78 is 5.22. The van der Waals surface area contributed by atoms with E-state index in [4.69, 9.17) is 9.84 Å². The third-order valence-corrected chi connectivity index (χ3v) is 2.74. The highest BCUT2D eigenvalue weighted by molar-refractivity contribution is 4.52. The Kier molecular flexibility index (Phi) is 12.9. The zero-order valence-corrected chi connectivity index (χ0v) is 10.6. The lowest BCUT2D eigenvalue weighted by Crippen LogP contribution is -2.21. The van der Waals surface area contributed by atoms with Crippen molar-refractivity contribution in [2.45, 2.75) is 64.4 Å². The third-order valence-electron chi connectivity index (χ3n) is 2.74. The second-order valence-corrected chi connectivity index (χ2v) is 4.32. The molecule has 0 saturated carbocycles. The highest BCUT2D eigenvalue weighted by atomic mass is 16.5. The van der Waals surface area contributed by atoms with Crippen LogP contribution in [0, 0.1) is 0 Å². The lowest BCUT2D eigenvalue weighted by atomic mass is 10.1. The molecule has 0 aliphatic rings. The molecular formula is C13H27O3. The van der Waals surface area contributed by atoms with Gasteiger partial charge in [0.15, 0.2) is 0 Å². The van der Waals surface area contributed by atoms with Crippen LogP contribution < -0.4 is 0 Å². The van der Waals surface area contributed by atoms with E-state index in [1.54, 1.807) is 0 Å². The van der Waals surface area contributed by atoms with Gasteiger partial charge < -0.3 is 9.84 Å². The van der Waals surface area contributed by atoms with Gasteiger partial charge in [-0.2, -0.15) is 0 Å². The van der Waals surface area contributed by atoms with Gasteiger partial charge in [0.1, 0.15) is 12.7 Å². The number of unbranched alkanes of at least 4 members (excludes halogenated alkanes) is 7. The molecule has 0 aliphatic carbocycles. The first-order valence-electron chi connectivity index (χ1n) is 6.65. The molecule has 1 radical (unpaired) electrons. The molecule has 0 aromatic rings. The average Bonchev–Trinajstić information content (AvgIpc) is 2.32. The van der Waals surface area contributed by atoms with Crippen LogP contribution in [0.2, 0.25) is 0 Å². The molecule has 3 nitrogen and oxygen atoms in total. The van der Waals surface area contributed by atoms with Gasteiger partial charge >= 0.3 is 0 Å². The van der Waals surface area contributed by atoms with Crippen molar-refractivity contribution in [3.8, 4) is 0 Å². The number of hydrogen-bond donors (Lipinski definition) is 1. The summed E-state index contributed by atoms with van der Waals surface area (Å²) in [5.74, 6) is 0. The predicted octanol–water partition coefficient (Wildman–Crippen LogP) is 2.94. The van der Waals surface area contributed by atoms with Gasteiger partial charge in [-0.3, -0.25) is 0 Å². The van der Waals surface area contributed by atoms with Crippen molar-refractivity contribution in [2.24, 2.45) is 0 Å². The van der Waals surface area contributed by atoms with Crippen LogP contribution in [0.5, 0.6) is 0 Å². The van der Waals surface area contributed by atoms with E-state index in [2.05, 4.69) is 6.92 Å². The Balaban J connectivity index is 3.03. The minimum absolute atomic E-state index is 0.152. The largest absolute Gasteiger partial charge is 0.394 e. The van der Waals surface area contributed by atoms with Crippen LogP contribution in [0.3, 0.4) is 0 Å². The molecule has 0 rings (SSSR count). The van der Waals surface area contributed by atoms with E-state index >= 15 is 0 Å². The molecule has 0 aromatic carbocycles. The lowest BCUT2D eigenvalue weighted by molar-refractivity contribution is -0.0380. The van der Waals surface area contributed by atoms with Crippen LogP contribution in [-0.4, -0.2) is 31.0 Å². The molecule has 16 heavy (non-hydrogen) atoms. The van der Waals surface area contributed by atoms with Crippen molar-refractivity contribution in [3.05, 3.63) is 0 Å². The SMILES string of the molecule is CCCCCCCCCCOC(C[O])CO. The van der Waals surface area contributed by atoms with Crippen LogP contribution in [-0.2, 0) is 9.84 Å². The van der Waals surface area contributed by atoms with Gasteiger partial charge in [-0.1, -0.05) is 51.9 Å². The van der Waals surface area contributed by atoms with E-state index in [9.17, 15) is 5.11 Å². The van der Waals surface area contributed by atoms with E-state index in [0.717, 1.165) is 6.42 Å². The molecule has 1 N–H and O–H groups in total. The smallest absolute Gasteiger partial charge is 0.111 e. The summed E-state index contributed by atoms with van der Waals surface area (Å²) in [6, 6.07) is 0. The predicted molar refractivity (Wildman–Crippen MR) is 65.0 cm³/mol. The van der Waals surface area contributed by atoms with Crippen molar-refractivity contribution >= 4 is 0 Å². The van der Waals surface area contributed by atoms with E-state index in [-0.39, 0.29) is 13.2 Å². The summed E-state index contributed by atoms with van der Waals surface area (Å²) in [5.41, 5.74) is 0. The maximum absolute atomic E-state index is 10.4. The molecule has 1 atom stereocenters. The molecule has 1 unspecified atom stereocenters. The quantitative estimate of drug-likeness (QED) is 0.525. The zero-order chi connectivity index (χ0) is 12.1. The van der Waals surface area contributed by atoms with E-state index in [0.29, 0.717) is 6.61 Å². The van der Waals surface area contributed by atoms with E-state index in [1.807, 2.05) is 0 Å².